The SMILES string of the molecule is COc1ccc(CNS(=O)(=O)/N=C2\NC(=O)NC2=C(Cl)Cl)cc1. The standard InChI is InChI=1S/C12H12Cl2N4O4S/c1-22-8-4-2-7(3-5-8)6-15-23(20,21)18-11-9(10(13)14)16-12(19)17-11/h2-5,15H,6H2,1H3,(H2,16,17,18,19). The molecule has 23 heavy (non-hydrogen) atoms. The minimum absolute atomic E-state index is 0.0120. The Morgan fingerprint density at radius 3 is 2.48 bits per heavy atom. The van der Waals surface area contributed by atoms with Crippen LogP contribution in [0.1, 0.15) is 5.56 Å². The van der Waals surface area contributed by atoms with E-state index in [-0.39, 0.29) is 22.6 Å². The zero-order valence-corrected chi connectivity index (χ0v) is 14.1. The first-order valence-electron chi connectivity index (χ1n) is 6.17. The molecule has 0 spiro atoms. The van der Waals surface area contributed by atoms with Crippen molar-refractivity contribution >= 4 is 45.3 Å². The molecule has 0 unspecified atom stereocenters. The van der Waals surface area contributed by atoms with E-state index < -0.39 is 16.2 Å². The fraction of sp³-hybridized carbons (Fsp3) is 0.167. The van der Waals surface area contributed by atoms with Crippen LogP contribution in [-0.4, -0.2) is 27.4 Å². The van der Waals surface area contributed by atoms with Gasteiger partial charge in [-0.15, -0.1) is 4.40 Å². The maximum Gasteiger partial charge on any atom is 0.325 e. The highest BCUT2D eigenvalue weighted by molar-refractivity contribution is 7.88. The summed E-state index contributed by atoms with van der Waals surface area (Å²) < 4.78 is 34.3. The Hall–Kier alpha value is -1.81. The number of urea groups is 1. The van der Waals surface area contributed by atoms with E-state index in [2.05, 4.69) is 19.8 Å². The maximum absolute atomic E-state index is 11.9. The maximum atomic E-state index is 11.9. The minimum atomic E-state index is -4.07. The zero-order valence-electron chi connectivity index (χ0n) is 11.8. The number of hydrogen-bond acceptors (Lipinski definition) is 4. The van der Waals surface area contributed by atoms with E-state index in [1.807, 2.05) is 0 Å². The Balaban J connectivity index is 2.11. The van der Waals surface area contributed by atoms with Crippen LogP contribution >= 0.6 is 23.2 Å². The van der Waals surface area contributed by atoms with Gasteiger partial charge in [-0.2, -0.15) is 13.1 Å². The molecule has 0 bridgehead atoms. The highest BCUT2D eigenvalue weighted by atomic mass is 35.5. The van der Waals surface area contributed by atoms with Crippen LogP contribution in [0, 0.1) is 0 Å². The summed E-state index contributed by atoms with van der Waals surface area (Å²) in [6, 6.07) is 6.13. The van der Waals surface area contributed by atoms with Crippen LogP contribution in [0.4, 0.5) is 4.79 Å². The Bertz CT molecular complexity index is 771. The highest BCUT2D eigenvalue weighted by Gasteiger charge is 2.26. The second-order valence-corrected chi connectivity index (χ2v) is 6.67. The number of carbonyl (C=O) groups is 1. The average molecular weight is 379 g/mol. The smallest absolute Gasteiger partial charge is 0.325 e. The number of hydrogen-bond donors (Lipinski definition) is 3. The van der Waals surface area contributed by atoms with E-state index in [9.17, 15) is 13.2 Å². The lowest BCUT2D eigenvalue weighted by Crippen LogP contribution is -2.27. The van der Waals surface area contributed by atoms with E-state index in [0.717, 1.165) is 0 Å². The lowest BCUT2D eigenvalue weighted by atomic mass is 10.2. The summed E-state index contributed by atoms with van der Waals surface area (Å²) in [6.07, 6.45) is 0. The van der Waals surface area contributed by atoms with Crippen LogP contribution in [0.5, 0.6) is 5.75 Å². The van der Waals surface area contributed by atoms with Crippen molar-refractivity contribution in [2.24, 2.45) is 4.40 Å². The van der Waals surface area contributed by atoms with Crippen molar-refractivity contribution in [3.63, 3.8) is 0 Å². The van der Waals surface area contributed by atoms with E-state index >= 15 is 0 Å². The van der Waals surface area contributed by atoms with Crippen LogP contribution in [0.15, 0.2) is 38.9 Å². The van der Waals surface area contributed by atoms with Gasteiger partial charge in [-0.3, -0.25) is 5.32 Å². The van der Waals surface area contributed by atoms with Crippen molar-refractivity contribution in [2.75, 3.05) is 7.11 Å². The Morgan fingerprint density at radius 1 is 1.26 bits per heavy atom. The molecule has 0 atom stereocenters. The molecule has 11 heteroatoms. The predicted molar refractivity (Wildman–Crippen MR) is 86.6 cm³/mol. The van der Waals surface area contributed by atoms with E-state index in [1.165, 1.54) is 7.11 Å². The lowest BCUT2D eigenvalue weighted by Gasteiger charge is -2.05. The van der Waals surface area contributed by atoms with Crippen molar-refractivity contribution in [1.82, 2.24) is 15.4 Å². The fourth-order valence-corrected chi connectivity index (χ4v) is 2.71. The molecular formula is C12H12Cl2N4O4S. The molecule has 1 fully saturated rings. The molecule has 2 rings (SSSR count). The Morgan fingerprint density at radius 2 is 1.91 bits per heavy atom. The van der Waals surface area contributed by atoms with Crippen molar-refractivity contribution in [1.29, 1.82) is 0 Å². The first-order valence-corrected chi connectivity index (χ1v) is 8.36. The molecule has 0 radical (unpaired) electrons. The quantitative estimate of drug-likeness (QED) is 0.718. The van der Waals surface area contributed by atoms with E-state index in [1.54, 1.807) is 24.3 Å². The third kappa shape index (κ3) is 4.83. The van der Waals surface area contributed by atoms with Crippen LogP contribution < -0.4 is 20.1 Å². The Kier molecular flexibility index (Phi) is 5.47. The van der Waals surface area contributed by atoms with Gasteiger partial charge in [0.2, 0.25) is 0 Å². The molecule has 1 aliphatic rings. The van der Waals surface area contributed by atoms with Crippen molar-refractivity contribution in [2.45, 2.75) is 6.54 Å². The number of nitrogens with zero attached hydrogens (tertiary/aromatic N) is 1. The van der Waals surface area contributed by atoms with Gasteiger partial charge in [-0.05, 0) is 17.7 Å². The van der Waals surface area contributed by atoms with Gasteiger partial charge in [0.15, 0.2) is 5.84 Å². The minimum Gasteiger partial charge on any atom is -0.497 e. The van der Waals surface area contributed by atoms with Crippen molar-refractivity contribution in [3.8, 4) is 5.75 Å². The normalized spacial score (nSPS) is 16.2. The van der Waals surface area contributed by atoms with Crippen molar-refractivity contribution in [3.05, 3.63) is 40.0 Å². The molecule has 1 aliphatic heterocycles. The van der Waals surface area contributed by atoms with E-state index in [0.29, 0.717) is 11.3 Å². The number of nitrogens with one attached hydrogen (secondary N) is 3. The van der Waals surface area contributed by atoms with Gasteiger partial charge in [0.25, 0.3) is 0 Å². The number of amides is 2. The largest absolute Gasteiger partial charge is 0.497 e. The topological polar surface area (TPSA) is 109 Å². The molecule has 2 amide bonds. The van der Waals surface area contributed by atoms with Crippen LogP contribution in [0.3, 0.4) is 0 Å². The molecule has 0 aliphatic carbocycles. The zero-order chi connectivity index (χ0) is 17.0. The van der Waals surface area contributed by atoms with Gasteiger partial charge in [0.05, 0.1) is 7.11 Å². The third-order valence-corrected chi connectivity index (χ3v) is 4.04. The second-order valence-electron chi connectivity index (χ2n) is 4.30. The number of methoxy groups -OCH3 is 1. The highest BCUT2D eigenvalue weighted by Crippen LogP contribution is 2.16. The molecule has 0 aromatic heterocycles. The number of benzene rings is 1. The average Bonchev–Trinajstić information content (AvgIpc) is 2.86. The van der Waals surface area contributed by atoms with Gasteiger partial charge in [-0.25, -0.2) is 4.79 Å². The van der Waals surface area contributed by atoms with E-state index in [4.69, 9.17) is 27.9 Å². The number of halogens is 2. The summed E-state index contributed by atoms with van der Waals surface area (Å²) in [7, 11) is -2.54. The summed E-state index contributed by atoms with van der Waals surface area (Å²) in [5.74, 6) is 0.375. The first kappa shape index (κ1) is 17.5. The second kappa shape index (κ2) is 7.18. The number of carbonyl (C=O) groups excluding carboxylic acids is 1. The van der Waals surface area contributed by atoms with Gasteiger partial charge >= 0.3 is 16.2 Å². The summed E-state index contributed by atoms with van der Waals surface area (Å²) in [6.45, 7) is 0.0120. The summed E-state index contributed by atoms with van der Waals surface area (Å²) in [4.78, 5) is 11.2. The molecular weight excluding hydrogens is 367 g/mol. The molecule has 1 saturated heterocycles. The molecule has 124 valence electrons. The molecule has 1 heterocycles. The molecule has 1 aromatic carbocycles. The monoisotopic (exact) mass is 378 g/mol. The third-order valence-electron chi connectivity index (χ3n) is 2.73. The molecule has 3 N–H and O–H groups in total. The van der Waals surface area contributed by atoms with Crippen LogP contribution in [0.2, 0.25) is 0 Å². The number of amidine groups is 1. The summed E-state index contributed by atoms with van der Waals surface area (Å²) in [5.41, 5.74) is 0.599. The number of rotatable bonds is 5. The van der Waals surface area contributed by atoms with Gasteiger partial charge in [0.1, 0.15) is 15.9 Å². The van der Waals surface area contributed by atoms with Gasteiger partial charge < -0.3 is 10.1 Å². The summed E-state index contributed by atoms with van der Waals surface area (Å²) in [5, 5.41) is 4.43. The van der Waals surface area contributed by atoms with Crippen LogP contribution in [-0.2, 0) is 16.8 Å². The van der Waals surface area contributed by atoms with Crippen molar-refractivity contribution < 1.29 is 17.9 Å². The van der Waals surface area contributed by atoms with Gasteiger partial charge in [-0.1, -0.05) is 35.3 Å². The predicted octanol–water partition coefficient (Wildman–Crippen LogP) is 1.39. The first-order chi connectivity index (χ1) is 10.8. The molecule has 1 aromatic rings. The fourth-order valence-electron chi connectivity index (χ4n) is 1.65. The lowest BCUT2D eigenvalue weighted by molar-refractivity contribution is 0.250. The Labute approximate surface area is 142 Å². The molecule has 8 nitrogen and oxygen atoms in total. The summed E-state index contributed by atoms with van der Waals surface area (Å²) >= 11 is 11.1. The number of ether oxygens (including phenoxy) is 1. The van der Waals surface area contributed by atoms with Gasteiger partial charge in [0, 0.05) is 6.54 Å². The molecule has 0 saturated carbocycles. The van der Waals surface area contributed by atoms with Crippen LogP contribution in [0.25, 0.3) is 0 Å².